The molecular weight excluding hydrogens is 613 g/mol. The molecule has 4 unspecified atom stereocenters. The summed E-state index contributed by atoms with van der Waals surface area (Å²) in [6.45, 7) is 3.70. The first-order valence-electron chi connectivity index (χ1n) is 15.8. The molecule has 2 aromatic rings. The van der Waals surface area contributed by atoms with Gasteiger partial charge in [-0.1, -0.05) is 42.0 Å². The molecule has 0 spiro atoms. The van der Waals surface area contributed by atoms with Gasteiger partial charge in [0.05, 0.1) is 11.8 Å². The third-order valence-corrected chi connectivity index (χ3v) is 10.3. The highest BCUT2D eigenvalue weighted by Gasteiger charge is 2.57. The number of piperidine rings is 1. The third-order valence-electron chi connectivity index (χ3n) is 10.3. The van der Waals surface area contributed by atoms with Crippen LogP contribution in [0.1, 0.15) is 49.7 Å². The van der Waals surface area contributed by atoms with Crippen LogP contribution < -0.4 is 4.74 Å². The van der Waals surface area contributed by atoms with Crippen molar-refractivity contribution in [2.75, 3.05) is 13.1 Å². The van der Waals surface area contributed by atoms with Gasteiger partial charge in [-0.3, -0.25) is 29.0 Å². The predicted molar refractivity (Wildman–Crippen MR) is 163 cm³/mol. The zero-order valence-corrected chi connectivity index (χ0v) is 25.6. The lowest BCUT2D eigenvalue weighted by Gasteiger charge is -2.42. The number of alkyl halides is 3. The van der Waals surface area contributed by atoms with E-state index in [1.165, 1.54) is 23.5 Å². The summed E-state index contributed by atoms with van der Waals surface area (Å²) < 4.78 is 43.6. The average molecular weight is 647 g/mol. The van der Waals surface area contributed by atoms with Gasteiger partial charge in [0.2, 0.25) is 11.8 Å². The number of hydrogen-bond donors (Lipinski definition) is 1. The minimum Gasteiger partial charge on any atom is -0.508 e. The van der Waals surface area contributed by atoms with Crippen LogP contribution in [0.2, 0.25) is 0 Å². The van der Waals surface area contributed by atoms with Crippen LogP contribution in [0.4, 0.5) is 13.2 Å². The smallest absolute Gasteiger partial charge is 0.508 e. The Morgan fingerprint density at radius 3 is 2.38 bits per heavy atom. The van der Waals surface area contributed by atoms with Crippen LogP contribution in [0.3, 0.4) is 0 Å². The Morgan fingerprint density at radius 1 is 0.957 bits per heavy atom. The van der Waals surface area contributed by atoms with Gasteiger partial charge in [-0.25, -0.2) is 0 Å². The lowest BCUT2D eigenvalue weighted by molar-refractivity contribution is -0.274. The Kier molecular flexibility index (Phi) is 7.69. The van der Waals surface area contributed by atoms with Crippen molar-refractivity contribution in [1.82, 2.24) is 9.80 Å². The fourth-order valence-corrected chi connectivity index (χ4v) is 8.24. The summed E-state index contributed by atoms with van der Waals surface area (Å²) in [5.74, 6) is -5.64. The molecule has 11 heteroatoms. The first kappa shape index (κ1) is 31.1. The number of ketones is 2. The topological polar surface area (TPSA) is 104 Å². The van der Waals surface area contributed by atoms with Gasteiger partial charge in [-0.15, -0.1) is 13.2 Å². The number of amides is 2. The molecule has 47 heavy (non-hydrogen) atoms. The number of benzene rings is 2. The lowest BCUT2D eigenvalue weighted by atomic mass is 9.59. The van der Waals surface area contributed by atoms with Crippen molar-refractivity contribution in [3.63, 3.8) is 0 Å². The zero-order chi connectivity index (χ0) is 33.2. The molecule has 1 N–H and O–H groups in total. The van der Waals surface area contributed by atoms with Crippen molar-refractivity contribution in [2.24, 2.45) is 17.8 Å². The van der Waals surface area contributed by atoms with Gasteiger partial charge in [0, 0.05) is 53.9 Å². The second-order valence-electron chi connectivity index (χ2n) is 13.0. The fraction of sp³-hybridized carbons (Fsp3) is 0.389. The maximum absolute atomic E-state index is 14.2. The van der Waals surface area contributed by atoms with Gasteiger partial charge in [0.1, 0.15) is 11.5 Å². The number of phenolic OH excluding ortho intramolecular Hbond substituents is 1. The Balaban J connectivity index is 1.21. The van der Waals surface area contributed by atoms with E-state index in [9.17, 15) is 37.5 Å². The molecule has 7 rings (SSSR count). The molecule has 0 bridgehead atoms. The third kappa shape index (κ3) is 5.50. The zero-order valence-electron chi connectivity index (χ0n) is 25.6. The van der Waals surface area contributed by atoms with E-state index in [-0.39, 0.29) is 58.7 Å². The number of ether oxygens (including phenoxy) is 1. The molecule has 3 aliphatic carbocycles. The van der Waals surface area contributed by atoms with Gasteiger partial charge in [-0.2, -0.15) is 0 Å². The van der Waals surface area contributed by atoms with E-state index >= 15 is 0 Å². The number of Topliss-reactive ketones (excluding diaryl/α,β-unsaturated/α-hetero) is 1. The lowest BCUT2D eigenvalue weighted by Crippen LogP contribution is -2.47. The summed E-state index contributed by atoms with van der Waals surface area (Å²) in [7, 11) is 0. The Labute approximate surface area is 269 Å². The van der Waals surface area contributed by atoms with E-state index in [2.05, 4.69) is 21.8 Å². The molecule has 2 amide bonds. The molecule has 244 valence electrons. The van der Waals surface area contributed by atoms with Gasteiger partial charge < -0.3 is 9.84 Å². The minimum atomic E-state index is -5.00. The molecule has 0 saturated carbocycles. The normalized spacial score (nSPS) is 26.9. The summed E-state index contributed by atoms with van der Waals surface area (Å²) in [6, 6.07) is 12.9. The maximum atomic E-state index is 14.2. The van der Waals surface area contributed by atoms with Crippen molar-refractivity contribution in [3.8, 4) is 11.5 Å². The summed E-state index contributed by atoms with van der Waals surface area (Å²) in [5.41, 5.74) is 2.10. The average Bonchev–Trinajstić information content (AvgIpc) is 3.29. The van der Waals surface area contributed by atoms with E-state index in [0.717, 1.165) is 37.8 Å². The number of likely N-dealkylation sites (tertiary alicyclic amines) is 2. The molecule has 4 atom stereocenters. The van der Waals surface area contributed by atoms with Crippen LogP contribution in [0.25, 0.3) is 0 Å². The van der Waals surface area contributed by atoms with E-state index in [0.29, 0.717) is 18.4 Å². The largest absolute Gasteiger partial charge is 0.573 e. The number of carbonyl (C=O) groups excluding carboxylic acids is 4. The molecule has 2 aromatic carbocycles. The first-order valence-corrected chi connectivity index (χ1v) is 15.8. The van der Waals surface area contributed by atoms with Crippen molar-refractivity contribution in [1.29, 1.82) is 0 Å². The number of nitrogens with zero attached hydrogens (tertiary/aromatic N) is 2. The highest BCUT2D eigenvalue weighted by Crippen LogP contribution is 2.56. The molecule has 2 fully saturated rings. The van der Waals surface area contributed by atoms with Gasteiger partial charge in [0.15, 0.2) is 11.6 Å². The van der Waals surface area contributed by atoms with Gasteiger partial charge in [-0.05, 0) is 68.4 Å². The van der Waals surface area contributed by atoms with Gasteiger partial charge in [0.25, 0.3) is 0 Å². The molecule has 2 heterocycles. The molecule has 2 saturated heterocycles. The number of phenols is 1. The Hall–Kier alpha value is -4.51. The fourth-order valence-electron chi connectivity index (χ4n) is 8.24. The van der Waals surface area contributed by atoms with Crippen molar-refractivity contribution in [2.45, 2.75) is 57.5 Å². The van der Waals surface area contributed by atoms with E-state index in [4.69, 9.17) is 0 Å². The quantitative estimate of drug-likeness (QED) is 0.264. The van der Waals surface area contributed by atoms with E-state index in [1.807, 2.05) is 18.2 Å². The van der Waals surface area contributed by atoms with E-state index in [1.54, 1.807) is 6.08 Å². The van der Waals surface area contributed by atoms with Crippen molar-refractivity contribution in [3.05, 3.63) is 94.1 Å². The number of rotatable bonds is 5. The number of imide groups is 1. The summed E-state index contributed by atoms with van der Waals surface area (Å²) >= 11 is 0. The van der Waals surface area contributed by atoms with Crippen LogP contribution in [-0.2, 0) is 25.7 Å². The second kappa shape index (κ2) is 11.6. The van der Waals surface area contributed by atoms with Crippen LogP contribution in [0.15, 0.2) is 83.0 Å². The number of aromatic hydroxyl groups is 1. The number of fused-ring (bicyclic) bond motifs is 3. The molecule has 0 radical (unpaired) electrons. The maximum Gasteiger partial charge on any atom is 0.573 e. The molecule has 5 aliphatic rings. The van der Waals surface area contributed by atoms with Crippen LogP contribution in [0.5, 0.6) is 11.5 Å². The molecular formula is C36H33F3N2O6. The Bertz CT molecular complexity index is 1770. The van der Waals surface area contributed by atoms with E-state index < -0.39 is 47.3 Å². The number of carbonyl (C=O) groups is 4. The summed E-state index contributed by atoms with van der Waals surface area (Å²) in [5, 5.41) is 11.0. The number of allylic oxidation sites excluding steroid dienone is 6. The van der Waals surface area contributed by atoms with Crippen LogP contribution >= 0.6 is 0 Å². The molecule has 2 aliphatic heterocycles. The monoisotopic (exact) mass is 646 g/mol. The highest BCUT2D eigenvalue weighted by atomic mass is 19.4. The van der Waals surface area contributed by atoms with Gasteiger partial charge >= 0.3 is 6.36 Å². The number of hydrogen-bond acceptors (Lipinski definition) is 7. The number of halogens is 3. The predicted octanol–water partition coefficient (Wildman–Crippen LogP) is 5.38. The minimum absolute atomic E-state index is 0.0368. The van der Waals surface area contributed by atoms with Crippen LogP contribution in [0, 0.1) is 17.8 Å². The van der Waals surface area contributed by atoms with Crippen molar-refractivity contribution < 1.29 is 42.2 Å². The molecule has 0 aromatic heterocycles. The molecule has 8 nitrogen and oxygen atoms in total. The highest BCUT2D eigenvalue weighted by molar-refractivity contribution is 6.24. The van der Waals surface area contributed by atoms with Crippen LogP contribution in [-0.4, -0.2) is 63.8 Å². The first-order chi connectivity index (χ1) is 22.4. The van der Waals surface area contributed by atoms with Crippen molar-refractivity contribution >= 4 is 23.4 Å². The summed E-state index contributed by atoms with van der Waals surface area (Å²) in [4.78, 5) is 58.8. The SMILES string of the molecule is CC1=CC(=O)C2=C(C1=O)C(c1cc(OC(F)(F)F)ccc1O)C1=CCC3C(=O)N(C4CCN(Cc5ccccc5)CC4)C(=O)C3C1C2. The second-order valence-corrected chi connectivity index (χ2v) is 13.0. The summed E-state index contributed by atoms with van der Waals surface area (Å²) in [6.07, 6.45) is -0.506. The Morgan fingerprint density at radius 2 is 1.68 bits per heavy atom. The standard InChI is InChI=1S/C36H33F3N2O6/c1-19-15-29(43)27-17-25-23(30(32(27)33(19)44)26-16-22(7-10-28(26)42)47-36(37,38)39)8-9-24-31(25)35(46)41(34(24)45)21-11-13-40(14-12-21)18-20-5-3-2-4-6-20/h2-8,10,15-16,21,24-25,30-31,42H,9,11-14,17-18H2,1H3.